The van der Waals surface area contributed by atoms with E-state index in [4.69, 9.17) is 5.14 Å². The molecule has 1 aliphatic rings. The summed E-state index contributed by atoms with van der Waals surface area (Å²) >= 11 is 0. The highest BCUT2D eigenvalue weighted by Gasteiger charge is 2.22. The zero-order valence-corrected chi connectivity index (χ0v) is 14.3. The first-order valence-electron chi connectivity index (χ1n) is 7.95. The molecule has 0 amide bonds. The molecule has 0 unspecified atom stereocenters. The lowest BCUT2D eigenvalue weighted by Gasteiger charge is -2.33. The van der Waals surface area contributed by atoms with Gasteiger partial charge < -0.3 is 4.90 Å². The zero-order chi connectivity index (χ0) is 18.0. The van der Waals surface area contributed by atoms with Gasteiger partial charge in [0.1, 0.15) is 12.1 Å². The van der Waals surface area contributed by atoms with Crippen molar-refractivity contribution >= 4 is 26.9 Å². The number of piperidine rings is 1. The number of benzene rings is 1. The van der Waals surface area contributed by atoms with Crippen molar-refractivity contribution in [3.63, 3.8) is 0 Å². The van der Waals surface area contributed by atoms with E-state index in [1.165, 1.54) is 6.33 Å². The predicted molar refractivity (Wildman–Crippen MR) is 90.1 cm³/mol. The molecule has 1 aromatic heterocycles. The summed E-state index contributed by atoms with van der Waals surface area (Å²) in [4.78, 5) is 10.3. The van der Waals surface area contributed by atoms with Crippen LogP contribution in [0.5, 0.6) is 0 Å². The Hall–Kier alpha value is -1.91. The highest BCUT2D eigenvalue weighted by atomic mass is 32.2. The van der Waals surface area contributed by atoms with E-state index in [0.717, 1.165) is 25.0 Å². The van der Waals surface area contributed by atoms with Gasteiger partial charge in [-0.2, -0.15) is 8.42 Å². The van der Waals surface area contributed by atoms with Gasteiger partial charge >= 0.3 is 0 Å². The number of hydrogen-bond donors (Lipinski definition) is 2. The van der Waals surface area contributed by atoms with Crippen LogP contribution in [0.1, 0.15) is 19.3 Å². The average molecular weight is 371 g/mol. The van der Waals surface area contributed by atoms with Crippen molar-refractivity contribution in [3.8, 4) is 0 Å². The molecule has 3 N–H and O–H groups in total. The van der Waals surface area contributed by atoms with Crippen LogP contribution in [0.25, 0.3) is 10.9 Å². The number of rotatable bonds is 5. The van der Waals surface area contributed by atoms with E-state index in [2.05, 4.69) is 14.7 Å². The summed E-state index contributed by atoms with van der Waals surface area (Å²) in [6.45, 7) is 1.71. The monoisotopic (exact) mass is 371 g/mol. The summed E-state index contributed by atoms with van der Waals surface area (Å²) in [7, 11) is -3.65. The molecular formula is C15H19F2N5O2S. The van der Waals surface area contributed by atoms with Gasteiger partial charge in [-0.15, -0.1) is 0 Å². The Morgan fingerprint density at radius 1 is 1.20 bits per heavy atom. The standard InChI is InChI=1S/C15H19F2N5O2S/c16-12-7-11-14(8-13(12)17)19-9-20-15(11)22-5-2-10(3-6-22)1-4-21-25(18,23)24/h7-10,21H,1-6H2,(H2,18,23,24). The second kappa shape index (κ2) is 7.14. The quantitative estimate of drug-likeness (QED) is 0.825. The zero-order valence-electron chi connectivity index (χ0n) is 13.5. The van der Waals surface area contributed by atoms with Crippen LogP contribution >= 0.6 is 0 Å². The first-order valence-corrected chi connectivity index (χ1v) is 9.50. The molecule has 1 saturated heterocycles. The van der Waals surface area contributed by atoms with Gasteiger partial charge in [0, 0.05) is 31.1 Å². The van der Waals surface area contributed by atoms with Crippen LogP contribution in [0.4, 0.5) is 14.6 Å². The van der Waals surface area contributed by atoms with Crippen molar-refractivity contribution in [1.29, 1.82) is 0 Å². The van der Waals surface area contributed by atoms with Crippen LogP contribution in [0.2, 0.25) is 0 Å². The fourth-order valence-electron chi connectivity index (χ4n) is 3.13. The molecule has 0 bridgehead atoms. The number of nitrogens with zero attached hydrogens (tertiary/aromatic N) is 3. The first-order chi connectivity index (χ1) is 11.8. The summed E-state index contributed by atoms with van der Waals surface area (Å²) in [5, 5.41) is 5.39. The molecule has 10 heteroatoms. The van der Waals surface area contributed by atoms with Crippen molar-refractivity contribution in [3.05, 3.63) is 30.1 Å². The van der Waals surface area contributed by atoms with E-state index in [0.29, 0.717) is 48.7 Å². The SMILES string of the molecule is NS(=O)(=O)NCCC1CCN(c2ncnc3cc(F)c(F)cc23)CC1. The molecule has 3 rings (SSSR count). The number of hydrogen-bond acceptors (Lipinski definition) is 5. The Kier molecular flexibility index (Phi) is 5.11. The Morgan fingerprint density at radius 2 is 1.88 bits per heavy atom. The fraction of sp³-hybridized carbons (Fsp3) is 0.467. The maximum Gasteiger partial charge on any atom is 0.274 e. The Morgan fingerprint density at radius 3 is 2.56 bits per heavy atom. The minimum absolute atomic E-state index is 0.310. The molecule has 0 atom stereocenters. The summed E-state index contributed by atoms with van der Waals surface area (Å²) in [6.07, 6.45) is 3.74. The molecule has 1 aromatic carbocycles. The molecule has 2 heterocycles. The summed E-state index contributed by atoms with van der Waals surface area (Å²) in [5.41, 5.74) is 0.364. The smallest absolute Gasteiger partial charge is 0.274 e. The van der Waals surface area contributed by atoms with E-state index in [1.807, 2.05) is 4.90 Å². The summed E-state index contributed by atoms with van der Waals surface area (Å²) in [5.74, 6) is -0.900. The van der Waals surface area contributed by atoms with Crippen molar-refractivity contribution in [1.82, 2.24) is 14.7 Å². The van der Waals surface area contributed by atoms with Crippen LogP contribution in [0, 0.1) is 17.6 Å². The van der Waals surface area contributed by atoms with Crippen molar-refractivity contribution < 1.29 is 17.2 Å². The minimum atomic E-state index is -3.65. The second-order valence-corrected chi connectivity index (χ2v) is 7.52. The van der Waals surface area contributed by atoms with Gasteiger partial charge in [0.25, 0.3) is 10.2 Å². The molecule has 2 aromatic rings. The van der Waals surface area contributed by atoms with Gasteiger partial charge in [-0.3, -0.25) is 0 Å². The van der Waals surface area contributed by atoms with Crippen molar-refractivity contribution in [2.45, 2.75) is 19.3 Å². The third-order valence-electron chi connectivity index (χ3n) is 4.43. The van der Waals surface area contributed by atoms with Crippen molar-refractivity contribution in [2.24, 2.45) is 11.1 Å². The largest absolute Gasteiger partial charge is 0.356 e. The lowest BCUT2D eigenvalue weighted by molar-refractivity contribution is 0.381. The highest BCUT2D eigenvalue weighted by Crippen LogP contribution is 2.29. The lowest BCUT2D eigenvalue weighted by Crippen LogP contribution is -2.37. The van der Waals surface area contributed by atoms with E-state index < -0.39 is 21.8 Å². The number of nitrogens with one attached hydrogen (secondary N) is 1. The van der Waals surface area contributed by atoms with Crippen LogP contribution in [-0.2, 0) is 10.2 Å². The number of anilines is 1. The highest BCUT2D eigenvalue weighted by molar-refractivity contribution is 7.87. The number of halogens is 2. The van der Waals surface area contributed by atoms with Gasteiger partial charge in [-0.05, 0) is 31.2 Å². The molecule has 1 aliphatic heterocycles. The lowest BCUT2D eigenvalue weighted by atomic mass is 9.93. The number of aromatic nitrogens is 2. The van der Waals surface area contributed by atoms with Crippen LogP contribution in [0.3, 0.4) is 0 Å². The van der Waals surface area contributed by atoms with Crippen LogP contribution < -0.4 is 14.8 Å². The second-order valence-electron chi connectivity index (χ2n) is 6.14. The van der Waals surface area contributed by atoms with E-state index in [1.54, 1.807) is 0 Å². The topological polar surface area (TPSA) is 101 Å². The number of nitrogens with two attached hydrogens (primary N) is 1. The maximum absolute atomic E-state index is 13.6. The fourth-order valence-corrected chi connectivity index (χ4v) is 3.53. The van der Waals surface area contributed by atoms with Gasteiger partial charge in [0.15, 0.2) is 11.6 Å². The minimum Gasteiger partial charge on any atom is -0.356 e. The summed E-state index contributed by atoms with van der Waals surface area (Å²) in [6, 6.07) is 2.20. The van der Waals surface area contributed by atoms with Gasteiger partial charge in [0.2, 0.25) is 0 Å². The molecule has 0 saturated carbocycles. The molecular weight excluding hydrogens is 352 g/mol. The van der Waals surface area contributed by atoms with Gasteiger partial charge in [0.05, 0.1) is 5.52 Å². The number of fused-ring (bicyclic) bond motifs is 1. The predicted octanol–water partition coefficient (Wildman–Crippen LogP) is 1.31. The van der Waals surface area contributed by atoms with Crippen molar-refractivity contribution in [2.75, 3.05) is 24.5 Å². The third kappa shape index (κ3) is 4.39. The molecule has 25 heavy (non-hydrogen) atoms. The normalized spacial score (nSPS) is 16.5. The molecule has 7 nitrogen and oxygen atoms in total. The average Bonchev–Trinajstić information content (AvgIpc) is 2.55. The Bertz CT molecular complexity index is 870. The molecule has 0 radical (unpaired) electrons. The molecule has 0 aliphatic carbocycles. The Labute approximate surface area is 144 Å². The Balaban J connectivity index is 1.67. The van der Waals surface area contributed by atoms with Gasteiger partial charge in [-0.1, -0.05) is 0 Å². The van der Waals surface area contributed by atoms with Crippen LogP contribution in [-0.4, -0.2) is 38.0 Å². The molecule has 0 spiro atoms. The molecule has 136 valence electrons. The van der Waals surface area contributed by atoms with Crippen LogP contribution in [0.15, 0.2) is 18.5 Å². The third-order valence-corrected chi connectivity index (χ3v) is 5.03. The van der Waals surface area contributed by atoms with Gasteiger partial charge in [-0.25, -0.2) is 28.6 Å². The molecule has 1 fully saturated rings. The maximum atomic E-state index is 13.6. The van der Waals surface area contributed by atoms with E-state index in [-0.39, 0.29) is 0 Å². The van der Waals surface area contributed by atoms with E-state index >= 15 is 0 Å². The van der Waals surface area contributed by atoms with E-state index in [9.17, 15) is 17.2 Å². The summed E-state index contributed by atoms with van der Waals surface area (Å²) < 4.78 is 51.0. The first kappa shape index (κ1) is 17.9.